The van der Waals surface area contributed by atoms with Gasteiger partial charge in [0.25, 0.3) is 5.97 Å². The second-order valence-electron chi connectivity index (χ2n) is 4.05. The quantitative estimate of drug-likeness (QED) is 0.701. The van der Waals surface area contributed by atoms with Crippen LogP contribution in [0.5, 0.6) is 0 Å². The van der Waals surface area contributed by atoms with Gasteiger partial charge in [-0.3, -0.25) is 4.79 Å². The number of carbonyl (C=O) groups is 1. The molecule has 0 saturated heterocycles. The van der Waals surface area contributed by atoms with E-state index in [1.165, 1.54) is 5.57 Å². The third kappa shape index (κ3) is 6.07. The minimum absolute atomic E-state index is 0.239. The van der Waals surface area contributed by atoms with Crippen LogP contribution in [0.4, 0.5) is 0 Å². The molecular weight excluding hydrogens is 192 g/mol. The summed E-state index contributed by atoms with van der Waals surface area (Å²) in [4.78, 5) is 9.00. The van der Waals surface area contributed by atoms with Gasteiger partial charge in [0.1, 0.15) is 0 Å². The van der Waals surface area contributed by atoms with E-state index in [1.807, 2.05) is 13.0 Å². The highest BCUT2D eigenvalue weighted by Gasteiger charge is 2.14. The molecule has 0 aromatic rings. The van der Waals surface area contributed by atoms with Gasteiger partial charge in [-0.15, -0.1) is 0 Å². The van der Waals surface area contributed by atoms with Crippen molar-refractivity contribution in [3.8, 4) is 0 Å². The highest BCUT2D eigenvalue weighted by Crippen LogP contribution is 2.23. The lowest BCUT2D eigenvalue weighted by molar-refractivity contribution is -0.134. The summed E-state index contributed by atoms with van der Waals surface area (Å²) in [5.74, 6) is -0.269. The summed E-state index contributed by atoms with van der Waals surface area (Å²) in [5.41, 5.74) is 2.43. The Morgan fingerprint density at radius 3 is 2.27 bits per heavy atom. The minimum atomic E-state index is -0.833. The number of aliphatic carboxylic acids is 1. The maximum Gasteiger partial charge on any atom is 0.300 e. The molecule has 1 rings (SSSR count). The number of hydrogen-bond donors (Lipinski definition) is 2. The van der Waals surface area contributed by atoms with E-state index in [2.05, 4.69) is 19.9 Å². The van der Waals surface area contributed by atoms with Crippen LogP contribution < -0.4 is 0 Å². The van der Waals surface area contributed by atoms with Crippen molar-refractivity contribution in [2.75, 3.05) is 0 Å². The van der Waals surface area contributed by atoms with Gasteiger partial charge in [-0.2, -0.15) is 0 Å². The van der Waals surface area contributed by atoms with Gasteiger partial charge in [0, 0.05) is 6.92 Å². The fraction of sp³-hybridized carbons (Fsp3) is 0.583. The molecule has 86 valence electrons. The van der Waals surface area contributed by atoms with Gasteiger partial charge in [-0.05, 0) is 24.8 Å². The summed E-state index contributed by atoms with van der Waals surface area (Å²) < 4.78 is 0. The summed E-state index contributed by atoms with van der Waals surface area (Å²) in [7, 11) is 0. The van der Waals surface area contributed by atoms with Crippen molar-refractivity contribution < 1.29 is 15.0 Å². The van der Waals surface area contributed by atoms with Crippen LogP contribution in [-0.4, -0.2) is 22.3 Å². The fourth-order valence-electron chi connectivity index (χ4n) is 1.23. The third-order valence-corrected chi connectivity index (χ3v) is 2.26. The molecule has 1 atom stereocenters. The Bertz CT molecular complexity index is 271. The summed E-state index contributed by atoms with van der Waals surface area (Å²) in [5, 5.41) is 16.9. The molecule has 0 amide bonds. The van der Waals surface area contributed by atoms with Gasteiger partial charge in [0.2, 0.25) is 0 Å². The predicted molar refractivity (Wildman–Crippen MR) is 60.6 cm³/mol. The van der Waals surface area contributed by atoms with E-state index in [1.54, 1.807) is 0 Å². The summed E-state index contributed by atoms with van der Waals surface area (Å²) in [6.07, 6.45) is 4.73. The Morgan fingerprint density at radius 1 is 1.47 bits per heavy atom. The van der Waals surface area contributed by atoms with Gasteiger partial charge in [0.05, 0.1) is 6.10 Å². The zero-order valence-electron chi connectivity index (χ0n) is 9.82. The van der Waals surface area contributed by atoms with E-state index < -0.39 is 5.97 Å². The molecule has 0 aliphatic heterocycles. The van der Waals surface area contributed by atoms with Crippen molar-refractivity contribution in [1.82, 2.24) is 0 Å². The average molecular weight is 212 g/mol. The van der Waals surface area contributed by atoms with Gasteiger partial charge in [-0.25, -0.2) is 0 Å². The lowest BCUT2D eigenvalue weighted by atomic mass is 9.90. The number of hydrogen-bond acceptors (Lipinski definition) is 2. The molecular formula is C12H20O3. The van der Waals surface area contributed by atoms with Crippen LogP contribution in [0.2, 0.25) is 0 Å². The third-order valence-electron chi connectivity index (χ3n) is 2.26. The van der Waals surface area contributed by atoms with Gasteiger partial charge >= 0.3 is 0 Å². The summed E-state index contributed by atoms with van der Waals surface area (Å²) in [6, 6.07) is 0. The van der Waals surface area contributed by atoms with Crippen molar-refractivity contribution in [2.24, 2.45) is 5.92 Å². The zero-order valence-corrected chi connectivity index (χ0v) is 9.82. The van der Waals surface area contributed by atoms with Gasteiger partial charge in [-0.1, -0.05) is 31.6 Å². The maximum atomic E-state index is 9.49. The summed E-state index contributed by atoms with van der Waals surface area (Å²) >= 11 is 0. The lowest BCUT2D eigenvalue weighted by Gasteiger charge is -2.20. The molecule has 1 aliphatic carbocycles. The first kappa shape index (κ1) is 13.9. The molecule has 3 nitrogen and oxygen atoms in total. The first-order valence-electron chi connectivity index (χ1n) is 5.09. The molecule has 0 spiro atoms. The van der Waals surface area contributed by atoms with Crippen molar-refractivity contribution in [2.45, 2.75) is 40.2 Å². The SMILES string of the molecule is CC(=O)O.CC1=CC=C(C(C)C)CC1O. The molecule has 1 aliphatic rings. The van der Waals surface area contributed by atoms with Crippen LogP contribution in [0.1, 0.15) is 34.1 Å². The monoisotopic (exact) mass is 212 g/mol. The normalized spacial score (nSPS) is 20.0. The van der Waals surface area contributed by atoms with Crippen LogP contribution in [0.25, 0.3) is 0 Å². The molecule has 0 aromatic carbocycles. The molecule has 15 heavy (non-hydrogen) atoms. The second kappa shape index (κ2) is 6.40. The van der Waals surface area contributed by atoms with Crippen molar-refractivity contribution >= 4 is 5.97 Å². The Balaban J connectivity index is 0.000000423. The number of aliphatic hydroxyl groups is 1. The number of allylic oxidation sites excluding steroid dienone is 2. The van der Waals surface area contributed by atoms with Crippen LogP contribution in [0, 0.1) is 5.92 Å². The molecule has 0 bridgehead atoms. The Hall–Kier alpha value is -1.09. The first-order valence-corrected chi connectivity index (χ1v) is 5.09. The zero-order chi connectivity index (χ0) is 12.0. The second-order valence-corrected chi connectivity index (χ2v) is 4.05. The predicted octanol–water partition coefficient (Wildman–Crippen LogP) is 2.37. The highest BCUT2D eigenvalue weighted by atomic mass is 16.4. The van der Waals surface area contributed by atoms with Gasteiger partial charge < -0.3 is 10.2 Å². The van der Waals surface area contributed by atoms with Crippen LogP contribution in [0.3, 0.4) is 0 Å². The molecule has 2 N–H and O–H groups in total. The molecule has 3 heteroatoms. The number of carboxylic acid groups (broad SMARTS) is 1. The lowest BCUT2D eigenvalue weighted by Crippen LogP contribution is -2.14. The standard InChI is InChI=1S/C10H16O.C2H4O2/c1-7(2)9-5-4-8(3)10(11)6-9;1-2(3)4/h4-5,7,10-11H,6H2,1-3H3;1H3,(H,3,4). The van der Waals surface area contributed by atoms with Crippen LogP contribution >= 0.6 is 0 Å². The van der Waals surface area contributed by atoms with E-state index in [0.29, 0.717) is 5.92 Å². The average Bonchev–Trinajstić information content (AvgIpc) is 2.08. The van der Waals surface area contributed by atoms with Gasteiger partial charge in [0.15, 0.2) is 0 Å². The number of aliphatic hydroxyl groups excluding tert-OH is 1. The van der Waals surface area contributed by atoms with Crippen LogP contribution in [0.15, 0.2) is 23.3 Å². The van der Waals surface area contributed by atoms with Crippen molar-refractivity contribution in [1.29, 1.82) is 0 Å². The maximum absolute atomic E-state index is 9.49. The van der Waals surface area contributed by atoms with Crippen molar-refractivity contribution in [3.63, 3.8) is 0 Å². The highest BCUT2D eigenvalue weighted by molar-refractivity contribution is 5.62. The minimum Gasteiger partial charge on any atom is -0.481 e. The molecule has 1 unspecified atom stereocenters. The fourth-order valence-corrected chi connectivity index (χ4v) is 1.23. The van der Waals surface area contributed by atoms with Crippen molar-refractivity contribution in [3.05, 3.63) is 23.3 Å². The van der Waals surface area contributed by atoms with E-state index in [4.69, 9.17) is 9.90 Å². The summed E-state index contributed by atoms with van der Waals surface area (Å²) in [6.45, 7) is 7.37. The Kier molecular flexibility index (Phi) is 5.94. The van der Waals surface area contributed by atoms with E-state index >= 15 is 0 Å². The molecule has 0 fully saturated rings. The number of carboxylic acids is 1. The van der Waals surface area contributed by atoms with Crippen LogP contribution in [-0.2, 0) is 4.79 Å². The van der Waals surface area contributed by atoms with E-state index in [-0.39, 0.29) is 6.10 Å². The Labute approximate surface area is 91.1 Å². The Morgan fingerprint density at radius 2 is 1.93 bits per heavy atom. The number of rotatable bonds is 1. The molecule has 0 saturated carbocycles. The first-order chi connectivity index (χ1) is 6.84. The molecule has 0 heterocycles. The van der Waals surface area contributed by atoms with E-state index in [0.717, 1.165) is 18.9 Å². The van der Waals surface area contributed by atoms with E-state index in [9.17, 15) is 5.11 Å². The largest absolute Gasteiger partial charge is 0.481 e. The smallest absolute Gasteiger partial charge is 0.300 e. The topological polar surface area (TPSA) is 57.5 Å². The molecule has 0 aromatic heterocycles. The molecule has 0 radical (unpaired) electrons.